The Labute approximate surface area is 147 Å². The van der Waals surface area contributed by atoms with Gasteiger partial charge in [0.2, 0.25) is 0 Å². The minimum absolute atomic E-state index is 0.521. The summed E-state index contributed by atoms with van der Waals surface area (Å²) in [6.07, 6.45) is 3.33. The van der Waals surface area contributed by atoms with E-state index in [9.17, 15) is 4.79 Å². The summed E-state index contributed by atoms with van der Waals surface area (Å²) >= 11 is 5.91. The van der Waals surface area contributed by atoms with Crippen molar-refractivity contribution in [1.82, 2.24) is 4.90 Å². The van der Waals surface area contributed by atoms with Gasteiger partial charge in [0.05, 0.1) is 0 Å². The van der Waals surface area contributed by atoms with E-state index in [-0.39, 0.29) is 0 Å². The number of carbonyl (C=O) groups is 1. The number of anilines is 1. The third kappa shape index (κ3) is 4.98. The molecule has 2 aromatic rings. The fraction of sp³-hybridized carbons (Fsp3) is 0.316. The molecule has 126 valence electrons. The van der Waals surface area contributed by atoms with E-state index in [0.717, 1.165) is 25.2 Å². The highest BCUT2D eigenvalue weighted by molar-refractivity contribution is 6.30. The summed E-state index contributed by atoms with van der Waals surface area (Å²) in [4.78, 5) is 14.4. The van der Waals surface area contributed by atoms with E-state index in [1.54, 1.807) is 30.3 Å². The Morgan fingerprint density at radius 2 is 1.88 bits per heavy atom. The van der Waals surface area contributed by atoms with Gasteiger partial charge in [0.1, 0.15) is 5.75 Å². The molecule has 3 rings (SSSR count). The SMILES string of the molecule is O=C(Nc1cccc(Cl)c1)Oc1cccc(CN2CCCCC2)c1. The van der Waals surface area contributed by atoms with E-state index in [0.29, 0.717) is 16.5 Å². The van der Waals surface area contributed by atoms with Gasteiger partial charge in [-0.2, -0.15) is 0 Å². The number of carbonyl (C=O) groups excluding carboxylic acids is 1. The van der Waals surface area contributed by atoms with E-state index >= 15 is 0 Å². The molecule has 0 spiro atoms. The molecule has 5 heteroatoms. The summed E-state index contributed by atoms with van der Waals surface area (Å²) in [6, 6.07) is 14.7. The molecule has 1 N–H and O–H groups in total. The van der Waals surface area contributed by atoms with Crippen LogP contribution in [0, 0.1) is 0 Å². The molecule has 4 nitrogen and oxygen atoms in total. The van der Waals surface area contributed by atoms with Crippen molar-refractivity contribution in [2.24, 2.45) is 0 Å². The number of nitrogens with zero attached hydrogens (tertiary/aromatic N) is 1. The largest absolute Gasteiger partial charge is 0.417 e. The predicted octanol–water partition coefficient (Wildman–Crippen LogP) is 4.94. The average Bonchev–Trinajstić information content (AvgIpc) is 2.56. The molecule has 0 aliphatic carbocycles. The van der Waals surface area contributed by atoms with Gasteiger partial charge in [-0.1, -0.05) is 36.2 Å². The summed E-state index contributed by atoms with van der Waals surface area (Å²) < 4.78 is 5.38. The molecule has 1 amide bonds. The number of nitrogens with one attached hydrogen (secondary N) is 1. The smallest absolute Gasteiger partial charge is 0.410 e. The third-order valence-corrected chi connectivity index (χ3v) is 4.27. The number of amides is 1. The van der Waals surface area contributed by atoms with Gasteiger partial charge in [0, 0.05) is 17.3 Å². The van der Waals surface area contributed by atoms with Gasteiger partial charge in [-0.25, -0.2) is 4.79 Å². The topological polar surface area (TPSA) is 41.6 Å². The number of halogens is 1. The Kier molecular flexibility index (Phi) is 5.72. The first kappa shape index (κ1) is 16.8. The van der Waals surface area contributed by atoms with Gasteiger partial charge in [-0.3, -0.25) is 10.2 Å². The lowest BCUT2D eigenvalue weighted by molar-refractivity contribution is 0.214. The first-order valence-electron chi connectivity index (χ1n) is 8.25. The molecule has 1 saturated heterocycles. The molecule has 0 unspecified atom stereocenters. The number of rotatable bonds is 4. The van der Waals surface area contributed by atoms with E-state index in [1.807, 2.05) is 12.1 Å². The number of hydrogen-bond donors (Lipinski definition) is 1. The maximum atomic E-state index is 12.0. The normalized spacial score (nSPS) is 15.0. The molecule has 0 radical (unpaired) electrons. The number of piperidine rings is 1. The van der Waals surface area contributed by atoms with Crippen LogP contribution in [-0.4, -0.2) is 24.1 Å². The molecule has 1 aliphatic rings. The Morgan fingerprint density at radius 1 is 1.08 bits per heavy atom. The lowest BCUT2D eigenvalue weighted by Crippen LogP contribution is -2.29. The highest BCUT2D eigenvalue weighted by Gasteiger charge is 2.11. The van der Waals surface area contributed by atoms with E-state index in [1.165, 1.54) is 19.3 Å². The molecule has 0 atom stereocenters. The van der Waals surface area contributed by atoms with Crippen molar-refractivity contribution in [3.8, 4) is 5.75 Å². The molecule has 1 fully saturated rings. The standard InChI is InChI=1S/C19H21ClN2O2/c20-16-7-5-8-17(13-16)21-19(23)24-18-9-4-6-15(12-18)14-22-10-2-1-3-11-22/h4-9,12-13H,1-3,10-11,14H2,(H,21,23). The van der Waals surface area contributed by atoms with Gasteiger partial charge < -0.3 is 4.74 Å². The first-order chi connectivity index (χ1) is 11.7. The lowest BCUT2D eigenvalue weighted by atomic mass is 10.1. The second kappa shape index (κ2) is 8.18. The van der Waals surface area contributed by atoms with Crippen LogP contribution in [0.3, 0.4) is 0 Å². The van der Waals surface area contributed by atoms with Crippen LogP contribution in [0.5, 0.6) is 5.75 Å². The summed E-state index contributed by atoms with van der Waals surface area (Å²) in [7, 11) is 0. The van der Waals surface area contributed by atoms with Crippen molar-refractivity contribution in [1.29, 1.82) is 0 Å². The van der Waals surface area contributed by atoms with Gasteiger partial charge in [0.25, 0.3) is 0 Å². The van der Waals surface area contributed by atoms with Crippen molar-refractivity contribution < 1.29 is 9.53 Å². The molecular weight excluding hydrogens is 324 g/mol. The van der Waals surface area contributed by atoms with Gasteiger partial charge in [0.15, 0.2) is 0 Å². The van der Waals surface area contributed by atoms with Gasteiger partial charge in [-0.05, 0) is 61.8 Å². The van der Waals surface area contributed by atoms with Crippen LogP contribution >= 0.6 is 11.6 Å². The zero-order chi connectivity index (χ0) is 16.8. The van der Waals surface area contributed by atoms with Crippen molar-refractivity contribution >= 4 is 23.4 Å². The zero-order valence-electron chi connectivity index (χ0n) is 13.5. The molecular formula is C19H21ClN2O2. The van der Waals surface area contributed by atoms with Crippen molar-refractivity contribution in [2.45, 2.75) is 25.8 Å². The molecule has 1 aliphatic heterocycles. The van der Waals surface area contributed by atoms with E-state index in [4.69, 9.17) is 16.3 Å². The monoisotopic (exact) mass is 344 g/mol. The van der Waals surface area contributed by atoms with Gasteiger partial charge in [-0.15, -0.1) is 0 Å². The second-order valence-corrected chi connectivity index (χ2v) is 6.45. The minimum Gasteiger partial charge on any atom is -0.410 e. The highest BCUT2D eigenvalue weighted by Crippen LogP contribution is 2.19. The highest BCUT2D eigenvalue weighted by atomic mass is 35.5. The first-order valence-corrected chi connectivity index (χ1v) is 8.62. The number of likely N-dealkylation sites (tertiary alicyclic amines) is 1. The molecule has 0 saturated carbocycles. The molecule has 24 heavy (non-hydrogen) atoms. The number of benzene rings is 2. The second-order valence-electron chi connectivity index (χ2n) is 6.01. The van der Waals surface area contributed by atoms with Crippen LogP contribution < -0.4 is 10.1 Å². The fourth-order valence-corrected chi connectivity index (χ4v) is 3.09. The Morgan fingerprint density at radius 3 is 2.67 bits per heavy atom. The van der Waals surface area contributed by atoms with Crippen LogP contribution in [0.4, 0.5) is 10.5 Å². The summed E-state index contributed by atoms with van der Waals surface area (Å²) in [6.45, 7) is 3.17. The van der Waals surface area contributed by atoms with Crippen LogP contribution in [0.25, 0.3) is 0 Å². The minimum atomic E-state index is -0.521. The van der Waals surface area contributed by atoms with Gasteiger partial charge >= 0.3 is 6.09 Å². The summed E-state index contributed by atoms with van der Waals surface area (Å²) in [5.74, 6) is 0.545. The Hall–Kier alpha value is -2.04. The lowest BCUT2D eigenvalue weighted by Gasteiger charge is -2.26. The Bertz CT molecular complexity index is 699. The maximum absolute atomic E-state index is 12.0. The van der Waals surface area contributed by atoms with Crippen LogP contribution in [0.15, 0.2) is 48.5 Å². The zero-order valence-corrected chi connectivity index (χ0v) is 14.3. The number of ether oxygens (including phenoxy) is 1. The maximum Gasteiger partial charge on any atom is 0.417 e. The fourth-order valence-electron chi connectivity index (χ4n) is 2.90. The van der Waals surface area contributed by atoms with Crippen LogP contribution in [-0.2, 0) is 6.54 Å². The molecule has 0 aromatic heterocycles. The van der Waals surface area contributed by atoms with Crippen molar-refractivity contribution in [3.05, 3.63) is 59.1 Å². The number of hydrogen-bond acceptors (Lipinski definition) is 3. The van der Waals surface area contributed by atoms with E-state index in [2.05, 4.69) is 16.3 Å². The van der Waals surface area contributed by atoms with Crippen molar-refractivity contribution in [3.63, 3.8) is 0 Å². The predicted molar refractivity (Wildman–Crippen MR) is 96.7 cm³/mol. The van der Waals surface area contributed by atoms with E-state index < -0.39 is 6.09 Å². The average molecular weight is 345 g/mol. The van der Waals surface area contributed by atoms with Crippen molar-refractivity contribution in [2.75, 3.05) is 18.4 Å². The third-order valence-electron chi connectivity index (χ3n) is 4.03. The Balaban J connectivity index is 1.58. The molecule has 2 aromatic carbocycles. The molecule has 1 heterocycles. The quantitative estimate of drug-likeness (QED) is 0.854. The van der Waals surface area contributed by atoms with Crippen LogP contribution in [0.1, 0.15) is 24.8 Å². The molecule has 0 bridgehead atoms. The summed E-state index contributed by atoms with van der Waals surface area (Å²) in [5, 5.41) is 3.24. The summed E-state index contributed by atoms with van der Waals surface area (Å²) in [5.41, 5.74) is 1.77. The van der Waals surface area contributed by atoms with Crippen LogP contribution in [0.2, 0.25) is 5.02 Å².